The maximum Gasteiger partial charge on any atom is 0.0900 e. The van der Waals surface area contributed by atoms with E-state index in [4.69, 9.17) is 4.74 Å². The third-order valence-corrected chi connectivity index (χ3v) is 5.49. The summed E-state index contributed by atoms with van der Waals surface area (Å²) in [6.07, 6.45) is 6.05. The molecule has 6 heteroatoms. The van der Waals surface area contributed by atoms with E-state index in [1.165, 1.54) is 10.4 Å². The van der Waals surface area contributed by atoms with Crippen molar-refractivity contribution in [2.24, 2.45) is 0 Å². The summed E-state index contributed by atoms with van der Waals surface area (Å²) in [5.41, 5.74) is 1.36. The zero-order chi connectivity index (χ0) is 16.8. The predicted octanol–water partition coefficient (Wildman–Crippen LogP) is 2.72. The number of thiophene rings is 1. The quantitative estimate of drug-likeness (QED) is 0.796. The highest BCUT2D eigenvalue weighted by Gasteiger charge is 2.23. The highest BCUT2D eigenvalue weighted by Crippen LogP contribution is 2.27. The summed E-state index contributed by atoms with van der Waals surface area (Å²) in [5.74, 6) is 0.605. The third kappa shape index (κ3) is 4.89. The zero-order valence-electron chi connectivity index (χ0n) is 14.3. The van der Waals surface area contributed by atoms with Gasteiger partial charge in [-0.3, -0.25) is 4.68 Å². The fourth-order valence-corrected chi connectivity index (χ4v) is 3.89. The van der Waals surface area contributed by atoms with E-state index in [1.807, 2.05) is 22.3 Å². The molecule has 0 bridgehead atoms. The van der Waals surface area contributed by atoms with Gasteiger partial charge in [0, 0.05) is 24.2 Å². The number of ether oxygens (including phenoxy) is 1. The van der Waals surface area contributed by atoms with Crippen molar-refractivity contribution in [3.05, 3.63) is 40.3 Å². The molecule has 0 radical (unpaired) electrons. The molecule has 1 aliphatic rings. The number of aryl methyl sites for hydroxylation is 1. The average Bonchev–Trinajstić information content (AvgIpc) is 3.27. The van der Waals surface area contributed by atoms with E-state index in [9.17, 15) is 5.11 Å². The Labute approximate surface area is 147 Å². The van der Waals surface area contributed by atoms with Crippen LogP contribution in [0.4, 0.5) is 0 Å². The molecule has 3 heterocycles. The van der Waals surface area contributed by atoms with Crippen LogP contribution in [0, 0.1) is 0 Å². The van der Waals surface area contributed by atoms with E-state index in [1.54, 1.807) is 11.3 Å². The molecule has 2 aromatic rings. The molecular weight excluding hydrogens is 322 g/mol. The number of aromatic nitrogens is 2. The standard InChI is InChI=1S/C18H27N3O2S/c1-2-21-11-16(10-19-21)15-5-7-20(8-6-15)12-17(22)13-23-14-18-4-3-9-24-18/h3-4,9-11,15,17,22H,2,5-8,12-14H2,1H3/t17-/m1/s1. The minimum Gasteiger partial charge on any atom is -0.389 e. The van der Waals surface area contributed by atoms with Gasteiger partial charge in [-0.2, -0.15) is 5.10 Å². The van der Waals surface area contributed by atoms with E-state index in [2.05, 4.69) is 29.2 Å². The van der Waals surface area contributed by atoms with Crippen LogP contribution in [0.5, 0.6) is 0 Å². The minimum absolute atomic E-state index is 0.404. The Kier molecular flexibility index (Phi) is 6.43. The lowest BCUT2D eigenvalue weighted by molar-refractivity contribution is 0.00695. The lowest BCUT2D eigenvalue weighted by Gasteiger charge is -2.32. The molecule has 1 fully saturated rings. The Morgan fingerprint density at radius 1 is 1.42 bits per heavy atom. The molecule has 0 unspecified atom stereocenters. The van der Waals surface area contributed by atoms with Gasteiger partial charge in [-0.1, -0.05) is 6.07 Å². The molecule has 2 aromatic heterocycles. The second kappa shape index (κ2) is 8.76. The molecule has 0 saturated carbocycles. The maximum atomic E-state index is 10.2. The Morgan fingerprint density at radius 3 is 2.92 bits per heavy atom. The van der Waals surface area contributed by atoms with Crippen LogP contribution in [0.1, 0.15) is 36.1 Å². The van der Waals surface area contributed by atoms with Crippen molar-refractivity contribution >= 4 is 11.3 Å². The second-order valence-electron chi connectivity index (χ2n) is 6.45. The Morgan fingerprint density at radius 2 is 2.25 bits per heavy atom. The summed E-state index contributed by atoms with van der Waals surface area (Å²) >= 11 is 1.69. The van der Waals surface area contributed by atoms with Gasteiger partial charge in [0.15, 0.2) is 0 Å². The maximum absolute atomic E-state index is 10.2. The fraction of sp³-hybridized carbons (Fsp3) is 0.611. The molecule has 3 rings (SSSR count). The monoisotopic (exact) mass is 349 g/mol. The van der Waals surface area contributed by atoms with E-state index < -0.39 is 6.10 Å². The number of β-amino-alcohol motifs (C(OH)–C–C–N with tert-alkyl or cyclic N) is 1. The fourth-order valence-electron chi connectivity index (χ4n) is 3.25. The molecule has 24 heavy (non-hydrogen) atoms. The first-order chi connectivity index (χ1) is 11.7. The van der Waals surface area contributed by atoms with Gasteiger partial charge in [0.25, 0.3) is 0 Å². The molecule has 0 aliphatic carbocycles. The van der Waals surface area contributed by atoms with Gasteiger partial charge in [-0.25, -0.2) is 0 Å². The van der Waals surface area contributed by atoms with E-state index in [0.29, 0.717) is 25.7 Å². The number of hydrogen-bond acceptors (Lipinski definition) is 5. The van der Waals surface area contributed by atoms with Gasteiger partial charge in [-0.15, -0.1) is 11.3 Å². The summed E-state index contributed by atoms with van der Waals surface area (Å²) in [4.78, 5) is 3.55. The summed E-state index contributed by atoms with van der Waals surface area (Å²) in [7, 11) is 0. The molecular formula is C18H27N3O2S. The first-order valence-electron chi connectivity index (χ1n) is 8.77. The molecule has 132 valence electrons. The van der Waals surface area contributed by atoms with Gasteiger partial charge in [-0.05, 0) is 55.8 Å². The lowest BCUT2D eigenvalue weighted by atomic mass is 9.91. The van der Waals surface area contributed by atoms with Crippen LogP contribution in [-0.2, 0) is 17.9 Å². The summed E-state index contributed by atoms with van der Waals surface area (Å²) in [6, 6.07) is 4.08. The highest BCUT2D eigenvalue weighted by molar-refractivity contribution is 7.09. The van der Waals surface area contributed by atoms with Crippen molar-refractivity contribution in [3.63, 3.8) is 0 Å². The van der Waals surface area contributed by atoms with Gasteiger partial charge in [0.2, 0.25) is 0 Å². The SMILES string of the molecule is CCn1cc(C2CCN(C[C@@H](O)COCc3cccs3)CC2)cn1. The zero-order valence-corrected chi connectivity index (χ0v) is 15.1. The number of aliphatic hydroxyl groups is 1. The largest absolute Gasteiger partial charge is 0.389 e. The highest BCUT2D eigenvalue weighted by atomic mass is 32.1. The van der Waals surface area contributed by atoms with Gasteiger partial charge >= 0.3 is 0 Å². The summed E-state index contributed by atoms with van der Waals surface area (Å²) in [5, 5.41) is 16.6. The van der Waals surface area contributed by atoms with Crippen molar-refractivity contribution in [3.8, 4) is 0 Å². The van der Waals surface area contributed by atoms with E-state index in [-0.39, 0.29) is 0 Å². The smallest absolute Gasteiger partial charge is 0.0900 e. The number of hydrogen-bond donors (Lipinski definition) is 1. The van der Waals surface area contributed by atoms with Crippen molar-refractivity contribution < 1.29 is 9.84 Å². The van der Waals surface area contributed by atoms with Crippen LogP contribution in [-0.4, -0.2) is 52.1 Å². The number of aliphatic hydroxyl groups excluding tert-OH is 1. The summed E-state index contributed by atoms with van der Waals surface area (Å²) < 4.78 is 7.61. The normalized spacial score (nSPS) is 18.1. The minimum atomic E-state index is -0.413. The van der Waals surface area contributed by atoms with Crippen molar-refractivity contribution in [1.29, 1.82) is 0 Å². The molecule has 1 aliphatic heterocycles. The number of rotatable bonds is 8. The average molecular weight is 350 g/mol. The first-order valence-corrected chi connectivity index (χ1v) is 9.65. The van der Waals surface area contributed by atoms with Gasteiger partial charge in [0.1, 0.15) is 0 Å². The first kappa shape index (κ1) is 17.6. The Bertz CT molecular complexity index is 591. The third-order valence-electron chi connectivity index (χ3n) is 4.64. The number of nitrogens with zero attached hydrogens (tertiary/aromatic N) is 3. The second-order valence-corrected chi connectivity index (χ2v) is 7.48. The van der Waals surface area contributed by atoms with Crippen LogP contribution in [0.2, 0.25) is 0 Å². The van der Waals surface area contributed by atoms with E-state index in [0.717, 1.165) is 32.5 Å². The molecule has 1 atom stereocenters. The predicted molar refractivity (Wildman–Crippen MR) is 96.3 cm³/mol. The van der Waals surface area contributed by atoms with Crippen LogP contribution >= 0.6 is 11.3 Å². The van der Waals surface area contributed by atoms with Gasteiger partial charge < -0.3 is 14.7 Å². The van der Waals surface area contributed by atoms with E-state index >= 15 is 0 Å². The summed E-state index contributed by atoms with van der Waals surface area (Å²) in [6.45, 7) is 6.80. The Balaban J connectivity index is 1.35. The Hall–Kier alpha value is -1.21. The van der Waals surface area contributed by atoms with Crippen LogP contribution in [0.25, 0.3) is 0 Å². The lowest BCUT2D eigenvalue weighted by Crippen LogP contribution is -2.39. The van der Waals surface area contributed by atoms with Crippen molar-refractivity contribution in [2.75, 3.05) is 26.2 Å². The molecule has 0 spiro atoms. The molecule has 0 aromatic carbocycles. The van der Waals surface area contributed by atoms with Crippen molar-refractivity contribution in [1.82, 2.24) is 14.7 Å². The van der Waals surface area contributed by atoms with Crippen LogP contribution < -0.4 is 0 Å². The van der Waals surface area contributed by atoms with Crippen molar-refractivity contribution in [2.45, 2.75) is 44.9 Å². The number of likely N-dealkylation sites (tertiary alicyclic amines) is 1. The van der Waals surface area contributed by atoms with Gasteiger partial charge in [0.05, 0.1) is 25.5 Å². The molecule has 5 nitrogen and oxygen atoms in total. The number of piperidine rings is 1. The van der Waals surface area contributed by atoms with Crippen LogP contribution in [0.3, 0.4) is 0 Å². The molecule has 0 amide bonds. The topological polar surface area (TPSA) is 50.5 Å². The molecule has 1 saturated heterocycles. The van der Waals surface area contributed by atoms with Crippen LogP contribution in [0.15, 0.2) is 29.9 Å². The molecule has 1 N–H and O–H groups in total.